The van der Waals surface area contributed by atoms with Crippen LogP contribution in [0, 0.1) is 10.1 Å². The third kappa shape index (κ3) is 5.91. The number of benzene rings is 3. The van der Waals surface area contributed by atoms with Crippen LogP contribution >= 0.6 is 15.9 Å². The summed E-state index contributed by atoms with van der Waals surface area (Å²) in [6, 6.07) is 17.8. The van der Waals surface area contributed by atoms with Gasteiger partial charge in [0.15, 0.2) is 17.2 Å². The van der Waals surface area contributed by atoms with Crippen LogP contribution in [0.5, 0.6) is 11.5 Å². The van der Waals surface area contributed by atoms with E-state index in [-0.39, 0.29) is 28.8 Å². The molecular formula is C26H17BrN2O7. The minimum absolute atomic E-state index is 0.0867. The zero-order valence-electron chi connectivity index (χ0n) is 18.7. The van der Waals surface area contributed by atoms with Gasteiger partial charge in [0, 0.05) is 28.2 Å². The molecule has 3 aromatic carbocycles. The number of carbonyl (C=O) groups is 2. The summed E-state index contributed by atoms with van der Waals surface area (Å²) in [6.07, 6.45) is 4.10. The molecule has 0 fully saturated rings. The maximum absolute atomic E-state index is 12.3. The zero-order valence-corrected chi connectivity index (χ0v) is 20.3. The minimum atomic E-state index is -0.700. The van der Waals surface area contributed by atoms with Gasteiger partial charge >= 0.3 is 11.9 Å². The van der Waals surface area contributed by atoms with Gasteiger partial charge in [0.25, 0.3) is 5.69 Å². The lowest BCUT2D eigenvalue weighted by Gasteiger charge is -2.08. The average molecular weight is 549 g/mol. The fourth-order valence-electron chi connectivity index (χ4n) is 3.19. The van der Waals surface area contributed by atoms with Crippen LogP contribution in [0.1, 0.15) is 16.7 Å². The van der Waals surface area contributed by atoms with Gasteiger partial charge in [0.2, 0.25) is 5.90 Å². The lowest BCUT2D eigenvalue weighted by Crippen LogP contribution is -2.05. The first-order valence-electron chi connectivity index (χ1n) is 10.4. The van der Waals surface area contributed by atoms with Crippen molar-refractivity contribution in [3.05, 3.63) is 110 Å². The number of aliphatic imine (C=N–C) groups is 1. The van der Waals surface area contributed by atoms with E-state index in [4.69, 9.17) is 14.2 Å². The van der Waals surface area contributed by atoms with Crippen molar-refractivity contribution in [2.45, 2.75) is 0 Å². The molecule has 0 N–H and O–H groups in total. The molecule has 0 saturated heterocycles. The van der Waals surface area contributed by atoms with E-state index in [1.807, 2.05) is 12.1 Å². The number of carbonyl (C=O) groups excluding carboxylic acids is 2. The van der Waals surface area contributed by atoms with Crippen molar-refractivity contribution >= 4 is 51.6 Å². The molecule has 0 aromatic heterocycles. The van der Waals surface area contributed by atoms with Gasteiger partial charge in [-0.2, -0.15) is 0 Å². The Kier molecular flexibility index (Phi) is 7.36. The molecule has 0 aliphatic carbocycles. The Morgan fingerprint density at radius 1 is 1.06 bits per heavy atom. The van der Waals surface area contributed by atoms with E-state index in [1.165, 1.54) is 43.5 Å². The molecule has 180 valence electrons. The first-order chi connectivity index (χ1) is 17.3. The summed E-state index contributed by atoms with van der Waals surface area (Å²) in [7, 11) is 1.41. The Hall–Kier alpha value is -4.57. The maximum Gasteiger partial charge on any atom is 0.363 e. The SMILES string of the molecule is COc1cc(/C=C2\N=C(c3ccc(Br)cc3)OC2=O)ccc1OC(=O)/C=C/c1cccc([N+](=O)[O-])c1. The molecule has 0 spiro atoms. The van der Waals surface area contributed by atoms with E-state index in [0.29, 0.717) is 16.7 Å². The summed E-state index contributed by atoms with van der Waals surface area (Å²) < 4.78 is 16.8. The standard InChI is InChI=1S/C26H17BrN2O7/c1-34-23-15-17(14-21-26(31)36-25(28-21)18-7-9-19(27)10-8-18)5-11-22(23)35-24(30)12-6-16-3-2-4-20(13-16)29(32)33/h2-15H,1H3/b12-6+,21-14-. The lowest BCUT2D eigenvalue weighted by molar-refractivity contribution is -0.384. The molecule has 0 unspecified atom stereocenters. The Morgan fingerprint density at radius 2 is 1.83 bits per heavy atom. The number of non-ortho nitro benzene ring substituents is 1. The van der Waals surface area contributed by atoms with Crippen molar-refractivity contribution in [3.63, 3.8) is 0 Å². The van der Waals surface area contributed by atoms with Crippen molar-refractivity contribution in [1.82, 2.24) is 0 Å². The monoisotopic (exact) mass is 548 g/mol. The van der Waals surface area contributed by atoms with Crippen molar-refractivity contribution < 1.29 is 28.7 Å². The Labute approximate surface area is 213 Å². The number of nitro benzene ring substituents is 1. The van der Waals surface area contributed by atoms with Crippen molar-refractivity contribution in [2.24, 2.45) is 4.99 Å². The van der Waals surface area contributed by atoms with Crippen LogP contribution in [0.4, 0.5) is 5.69 Å². The number of nitro groups is 1. The second kappa shape index (κ2) is 10.8. The molecule has 1 aliphatic rings. The summed E-state index contributed by atoms with van der Waals surface area (Å²) in [5.74, 6) is -0.680. The Balaban J connectivity index is 1.49. The number of halogens is 1. The second-order valence-corrected chi connectivity index (χ2v) is 8.28. The third-order valence-corrected chi connectivity index (χ3v) is 5.43. The number of nitrogens with zero attached hydrogens (tertiary/aromatic N) is 2. The van der Waals surface area contributed by atoms with Crippen LogP contribution in [0.3, 0.4) is 0 Å². The van der Waals surface area contributed by atoms with Crippen LogP contribution in [0.25, 0.3) is 12.2 Å². The average Bonchev–Trinajstić information content (AvgIpc) is 3.24. The maximum atomic E-state index is 12.3. The van der Waals surface area contributed by atoms with Crippen LogP contribution in [0.15, 0.2) is 88.0 Å². The van der Waals surface area contributed by atoms with Gasteiger partial charge in [-0.25, -0.2) is 14.6 Å². The summed E-state index contributed by atoms with van der Waals surface area (Å²) in [4.78, 5) is 39.2. The number of esters is 2. The molecule has 0 bridgehead atoms. The van der Waals surface area contributed by atoms with Gasteiger partial charge in [0.1, 0.15) is 0 Å². The smallest absolute Gasteiger partial charge is 0.363 e. The Bertz CT molecular complexity index is 1440. The first-order valence-corrected chi connectivity index (χ1v) is 11.2. The van der Waals surface area contributed by atoms with Crippen LogP contribution in [-0.2, 0) is 14.3 Å². The van der Waals surface area contributed by atoms with E-state index < -0.39 is 16.9 Å². The van der Waals surface area contributed by atoms with Gasteiger partial charge in [-0.1, -0.05) is 34.1 Å². The van der Waals surface area contributed by atoms with Crippen molar-refractivity contribution in [1.29, 1.82) is 0 Å². The highest BCUT2D eigenvalue weighted by Gasteiger charge is 2.24. The summed E-state index contributed by atoms with van der Waals surface area (Å²) in [5.41, 5.74) is 1.73. The van der Waals surface area contributed by atoms with Crippen molar-refractivity contribution in [3.8, 4) is 11.5 Å². The third-order valence-electron chi connectivity index (χ3n) is 4.91. The molecule has 1 aliphatic heterocycles. The van der Waals surface area contributed by atoms with Gasteiger partial charge in [-0.15, -0.1) is 0 Å². The summed E-state index contributed by atoms with van der Waals surface area (Å²) in [6.45, 7) is 0. The van der Waals surface area contributed by atoms with Gasteiger partial charge in [-0.3, -0.25) is 10.1 Å². The van der Waals surface area contributed by atoms with E-state index in [1.54, 1.807) is 30.3 Å². The fourth-order valence-corrected chi connectivity index (χ4v) is 3.45. The van der Waals surface area contributed by atoms with Gasteiger partial charge < -0.3 is 14.2 Å². The van der Waals surface area contributed by atoms with Crippen LogP contribution in [0.2, 0.25) is 0 Å². The minimum Gasteiger partial charge on any atom is -0.493 e. The molecule has 3 aromatic rings. The fraction of sp³-hybridized carbons (Fsp3) is 0.0385. The van der Waals surface area contributed by atoms with Crippen LogP contribution in [-0.4, -0.2) is 29.9 Å². The number of methoxy groups -OCH3 is 1. The second-order valence-electron chi connectivity index (χ2n) is 7.36. The predicted molar refractivity (Wildman–Crippen MR) is 136 cm³/mol. The normalized spacial score (nSPS) is 14.0. The Morgan fingerprint density at radius 3 is 2.56 bits per heavy atom. The highest BCUT2D eigenvalue weighted by Crippen LogP contribution is 2.30. The highest BCUT2D eigenvalue weighted by molar-refractivity contribution is 9.10. The summed E-state index contributed by atoms with van der Waals surface area (Å²) >= 11 is 3.35. The summed E-state index contributed by atoms with van der Waals surface area (Å²) in [5, 5.41) is 10.9. The number of hydrogen-bond donors (Lipinski definition) is 0. The quantitative estimate of drug-likeness (QED) is 0.129. The van der Waals surface area contributed by atoms with E-state index in [0.717, 1.165) is 10.5 Å². The molecule has 1 heterocycles. The van der Waals surface area contributed by atoms with E-state index in [9.17, 15) is 19.7 Å². The van der Waals surface area contributed by atoms with Gasteiger partial charge in [0.05, 0.1) is 12.0 Å². The highest BCUT2D eigenvalue weighted by atomic mass is 79.9. The molecular weight excluding hydrogens is 532 g/mol. The first kappa shape index (κ1) is 24.6. The number of rotatable bonds is 7. The molecule has 4 rings (SSSR count). The molecule has 0 atom stereocenters. The molecule has 9 nitrogen and oxygen atoms in total. The molecule has 0 saturated carbocycles. The largest absolute Gasteiger partial charge is 0.493 e. The predicted octanol–water partition coefficient (Wildman–Crippen LogP) is 5.33. The number of ether oxygens (including phenoxy) is 3. The van der Waals surface area contributed by atoms with Gasteiger partial charge in [-0.05, 0) is 59.7 Å². The van der Waals surface area contributed by atoms with E-state index in [2.05, 4.69) is 20.9 Å². The zero-order chi connectivity index (χ0) is 25.7. The number of cyclic esters (lactones) is 1. The molecule has 10 heteroatoms. The topological polar surface area (TPSA) is 117 Å². The lowest BCUT2D eigenvalue weighted by atomic mass is 10.1. The van der Waals surface area contributed by atoms with E-state index >= 15 is 0 Å². The van der Waals surface area contributed by atoms with Crippen LogP contribution < -0.4 is 9.47 Å². The number of hydrogen-bond acceptors (Lipinski definition) is 8. The molecule has 36 heavy (non-hydrogen) atoms. The molecule has 0 amide bonds. The van der Waals surface area contributed by atoms with Crippen molar-refractivity contribution in [2.75, 3.05) is 7.11 Å². The molecule has 0 radical (unpaired) electrons.